The normalized spacial score (nSPS) is 16.1. The summed E-state index contributed by atoms with van der Waals surface area (Å²) in [4.78, 5) is 29.9. The molecule has 0 fully saturated rings. The zero-order chi connectivity index (χ0) is 24.8. The fraction of sp³-hybridized carbons (Fsp3) is 0.333. The topological polar surface area (TPSA) is 109 Å². The molecule has 2 amide bonds. The number of hydroxylamine groups is 1. The summed E-state index contributed by atoms with van der Waals surface area (Å²) in [5.41, 5.74) is 7.05. The third-order valence-electron chi connectivity index (χ3n) is 6.46. The van der Waals surface area contributed by atoms with Gasteiger partial charge in [0.15, 0.2) is 0 Å². The molecule has 1 heterocycles. The Balaban J connectivity index is 1.52. The summed E-state index contributed by atoms with van der Waals surface area (Å²) >= 11 is 0. The maximum atomic E-state index is 13.2. The van der Waals surface area contributed by atoms with Gasteiger partial charge in [-0.3, -0.25) is 20.1 Å². The van der Waals surface area contributed by atoms with Gasteiger partial charge in [0.1, 0.15) is 0 Å². The van der Waals surface area contributed by atoms with Crippen molar-refractivity contribution in [1.82, 2.24) is 26.0 Å². The van der Waals surface area contributed by atoms with Crippen LogP contribution >= 0.6 is 0 Å². The van der Waals surface area contributed by atoms with Gasteiger partial charge >= 0.3 is 0 Å². The minimum atomic E-state index is -0.564. The number of H-pyrrole nitrogens is 1. The molecule has 0 aliphatic heterocycles. The van der Waals surface area contributed by atoms with Crippen LogP contribution in [0.2, 0.25) is 0 Å². The number of hydrogen-bond donors (Lipinski definition) is 5. The molecule has 3 aromatic rings. The molecule has 2 aromatic carbocycles. The van der Waals surface area contributed by atoms with Crippen LogP contribution in [0.4, 0.5) is 0 Å². The quantitative estimate of drug-likeness (QED) is 0.176. The Hall–Kier alpha value is -3.46. The second kappa shape index (κ2) is 11.3. The fourth-order valence-electron chi connectivity index (χ4n) is 4.64. The molecule has 1 aliphatic carbocycles. The molecule has 0 saturated heterocycles. The van der Waals surface area contributed by atoms with Gasteiger partial charge < -0.3 is 15.2 Å². The van der Waals surface area contributed by atoms with Crippen LogP contribution < -0.4 is 16.1 Å². The van der Waals surface area contributed by atoms with Crippen molar-refractivity contribution in [2.75, 3.05) is 27.2 Å². The lowest BCUT2D eigenvalue weighted by molar-refractivity contribution is -0.124. The monoisotopic (exact) mass is 475 g/mol. The van der Waals surface area contributed by atoms with E-state index in [0.29, 0.717) is 13.0 Å². The molecule has 184 valence electrons. The minimum absolute atomic E-state index is 0.000139. The molecule has 4 rings (SSSR count). The van der Waals surface area contributed by atoms with Crippen LogP contribution in [0.3, 0.4) is 0 Å². The van der Waals surface area contributed by atoms with Crippen LogP contribution in [0, 0.1) is 0 Å². The first-order valence-electron chi connectivity index (χ1n) is 11.9. The average molecular weight is 476 g/mol. The Morgan fingerprint density at radius 3 is 2.86 bits per heavy atom. The lowest BCUT2D eigenvalue weighted by Gasteiger charge is -2.24. The summed E-state index contributed by atoms with van der Waals surface area (Å²) in [5.74, 6) is -0.564. The molecular formula is C27H33N5O3. The van der Waals surface area contributed by atoms with E-state index in [2.05, 4.69) is 33.8 Å². The fourth-order valence-corrected chi connectivity index (χ4v) is 4.64. The van der Waals surface area contributed by atoms with Crippen LogP contribution in [0.15, 0.2) is 54.7 Å². The largest absolute Gasteiger partial charge is 0.361 e. The van der Waals surface area contributed by atoms with Gasteiger partial charge in [-0.25, -0.2) is 5.48 Å². The Labute approximate surface area is 205 Å². The molecule has 0 bridgehead atoms. The van der Waals surface area contributed by atoms with Gasteiger partial charge in [0.25, 0.3) is 5.91 Å². The number of rotatable bonds is 10. The summed E-state index contributed by atoms with van der Waals surface area (Å²) in [6.07, 6.45) is 7.33. The van der Waals surface area contributed by atoms with E-state index in [4.69, 9.17) is 5.21 Å². The zero-order valence-corrected chi connectivity index (χ0v) is 20.2. The number of aromatic nitrogens is 1. The highest BCUT2D eigenvalue weighted by atomic mass is 16.5. The number of nitrogens with one attached hydrogen (secondary N) is 4. The Bertz CT molecular complexity index is 1220. The highest BCUT2D eigenvalue weighted by Crippen LogP contribution is 2.33. The van der Waals surface area contributed by atoms with Crippen LogP contribution in [0.5, 0.6) is 0 Å². The standard InChI is InChI=1S/C27H33N5O3/c1-32(2)14-13-28-27(34)25(16-20-17-29-23-6-4-3-5-21(20)23)30-24-11-9-19-15-18(7-10-22(19)24)8-12-26(33)31-35/h3-8,10,12,15,17,24-25,29-30,35H,9,11,13-14,16H2,1-2H3,(H,28,34)(H,31,33). The van der Waals surface area contributed by atoms with Crippen molar-refractivity contribution in [3.05, 3.63) is 77.0 Å². The number of likely N-dealkylation sites (N-methyl/N-ethyl adjacent to an activating group) is 1. The number of benzene rings is 2. The minimum Gasteiger partial charge on any atom is -0.361 e. The molecule has 0 saturated carbocycles. The molecule has 2 atom stereocenters. The summed E-state index contributed by atoms with van der Waals surface area (Å²) < 4.78 is 0. The molecule has 8 heteroatoms. The van der Waals surface area contributed by atoms with Crippen molar-refractivity contribution < 1.29 is 14.8 Å². The van der Waals surface area contributed by atoms with Gasteiger partial charge in [0.2, 0.25) is 5.91 Å². The van der Waals surface area contributed by atoms with Crippen molar-refractivity contribution in [2.45, 2.75) is 31.3 Å². The van der Waals surface area contributed by atoms with Crippen LogP contribution in [-0.4, -0.2) is 60.1 Å². The molecule has 1 aliphatic rings. The van der Waals surface area contributed by atoms with Gasteiger partial charge in [-0.2, -0.15) is 0 Å². The van der Waals surface area contributed by atoms with Crippen molar-refractivity contribution in [1.29, 1.82) is 0 Å². The van der Waals surface area contributed by atoms with Crippen LogP contribution in [-0.2, 0) is 22.4 Å². The highest BCUT2D eigenvalue weighted by Gasteiger charge is 2.28. The van der Waals surface area contributed by atoms with Crippen LogP contribution in [0.1, 0.15) is 34.7 Å². The number of carbonyl (C=O) groups excluding carboxylic acids is 2. The van der Waals surface area contributed by atoms with E-state index in [1.165, 1.54) is 17.2 Å². The predicted octanol–water partition coefficient (Wildman–Crippen LogP) is 2.55. The lowest BCUT2D eigenvalue weighted by Crippen LogP contribution is -2.47. The molecule has 5 N–H and O–H groups in total. The third-order valence-corrected chi connectivity index (χ3v) is 6.46. The first kappa shape index (κ1) is 24.7. The maximum Gasteiger partial charge on any atom is 0.267 e. The summed E-state index contributed by atoms with van der Waals surface area (Å²) in [7, 11) is 3.98. The number of hydrogen-bond acceptors (Lipinski definition) is 5. The van der Waals surface area contributed by atoms with Gasteiger partial charge in [0.05, 0.1) is 6.04 Å². The summed E-state index contributed by atoms with van der Waals surface area (Å²) in [6, 6.07) is 13.9. The van der Waals surface area contributed by atoms with Gasteiger partial charge in [-0.1, -0.05) is 36.4 Å². The van der Waals surface area contributed by atoms with Crippen molar-refractivity contribution in [3.63, 3.8) is 0 Å². The maximum absolute atomic E-state index is 13.2. The van der Waals surface area contributed by atoms with Gasteiger partial charge in [-0.15, -0.1) is 0 Å². The Morgan fingerprint density at radius 1 is 1.23 bits per heavy atom. The highest BCUT2D eigenvalue weighted by molar-refractivity contribution is 5.91. The van der Waals surface area contributed by atoms with Gasteiger partial charge in [0, 0.05) is 42.3 Å². The Morgan fingerprint density at radius 2 is 2.06 bits per heavy atom. The second-order valence-corrected chi connectivity index (χ2v) is 9.24. The molecule has 0 spiro atoms. The predicted molar refractivity (Wildman–Crippen MR) is 137 cm³/mol. The van der Waals surface area contributed by atoms with E-state index in [1.54, 1.807) is 11.6 Å². The van der Waals surface area contributed by atoms with Crippen molar-refractivity contribution in [3.8, 4) is 0 Å². The third kappa shape index (κ3) is 6.16. The summed E-state index contributed by atoms with van der Waals surface area (Å²) in [5, 5.41) is 16.5. The second-order valence-electron chi connectivity index (χ2n) is 9.24. The first-order chi connectivity index (χ1) is 16.9. The van der Waals surface area contributed by atoms with E-state index < -0.39 is 5.91 Å². The first-order valence-corrected chi connectivity index (χ1v) is 11.9. The van der Waals surface area contributed by atoms with Crippen LogP contribution in [0.25, 0.3) is 17.0 Å². The van der Waals surface area contributed by atoms with E-state index in [-0.39, 0.29) is 18.0 Å². The van der Waals surface area contributed by atoms with Crippen molar-refractivity contribution in [2.24, 2.45) is 0 Å². The number of aryl methyl sites for hydroxylation is 1. The number of nitrogens with zero attached hydrogens (tertiary/aromatic N) is 1. The van der Waals surface area contributed by atoms with E-state index >= 15 is 0 Å². The summed E-state index contributed by atoms with van der Waals surface area (Å²) in [6.45, 7) is 1.37. The molecule has 2 unspecified atom stereocenters. The smallest absolute Gasteiger partial charge is 0.267 e. The number of para-hydroxylation sites is 1. The molecule has 8 nitrogen and oxygen atoms in total. The average Bonchev–Trinajstić information content (AvgIpc) is 3.45. The lowest BCUT2D eigenvalue weighted by atomic mass is 10.0. The van der Waals surface area contributed by atoms with Crippen molar-refractivity contribution >= 4 is 28.8 Å². The number of amides is 2. The van der Waals surface area contributed by atoms with Gasteiger partial charge in [-0.05, 0) is 67.8 Å². The molecule has 0 radical (unpaired) electrons. The van der Waals surface area contributed by atoms with E-state index in [9.17, 15) is 9.59 Å². The molecule has 1 aromatic heterocycles. The molecular weight excluding hydrogens is 442 g/mol. The SMILES string of the molecule is CN(C)CCNC(=O)C(Cc1c[nH]c2ccccc12)NC1CCc2cc(C=CC(=O)NO)ccc21. The Kier molecular flexibility index (Phi) is 7.97. The number of aromatic amines is 1. The van der Waals surface area contributed by atoms with E-state index in [0.717, 1.165) is 41.4 Å². The number of fused-ring (bicyclic) bond motifs is 2. The zero-order valence-electron chi connectivity index (χ0n) is 20.2. The van der Waals surface area contributed by atoms with E-state index in [1.807, 2.05) is 49.5 Å². The number of carbonyl (C=O) groups is 2. The molecule has 35 heavy (non-hydrogen) atoms.